The summed E-state index contributed by atoms with van der Waals surface area (Å²) in [5.41, 5.74) is 2.23. The molecule has 1 aliphatic heterocycles. The molecule has 1 aliphatic rings. The van der Waals surface area contributed by atoms with Gasteiger partial charge in [0.25, 0.3) is 0 Å². The monoisotopic (exact) mass is 306 g/mol. The van der Waals surface area contributed by atoms with Crippen LogP contribution in [0.3, 0.4) is 0 Å². The van der Waals surface area contributed by atoms with Gasteiger partial charge in [-0.15, -0.1) is 0 Å². The van der Waals surface area contributed by atoms with Crippen LogP contribution in [0.1, 0.15) is 25.3 Å². The molecule has 0 spiro atoms. The first-order valence-corrected chi connectivity index (χ1v) is 8.41. The fourth-order valence-electron chi connectivity index (χ4n) is 2.78. The van der Waals surface area contributed by atoms with E-state index in [0.717, 1.165) is 29.0 Å². The maximum atomic E-state index is 6.23. The number of pyridine rings is 1. The minimum Gasteiger partial charge on any atom is -0.311 e. The van der Waals surface area contributed by atoms with Gasteiger partial charge in [0.05, 0.1) is 5.52 Å². The normalized spacial score (nSPS) is 22.5. The van der Waals surface area contributed by atoms with Crippen molar-refractivity contribution in [2.45, 2.75) is 31.1 Å². The average Bonchev–Trinajstić information content (AvgIpc) is 2.89. The molecule has 2 nitrogen and oxygen atoms in total. The van der Waals surface area contributed by atoms with Crippen molar-refractivity contribution in [3.05, 3.63) is 41.0 Å². The number of halogens is 1. The van der Waals surface area contributed by atoms with Gasteiger partial charge in [0, 0.05) is 34.4 Å². The van der Waals surface area contributed by atoms with E-state index < -0.39 is 0 Å². The number of rotatable bonds is 4. The third kappa shape index (κ3) is 2.95. The summed E-state index contributed by atoms with van der Waals surface area (Å²) in [7, 11) is 0. The molecule has 1 aromatic heterocycles. The first kappa shape index (κ1) is 14.2. The van der Waals surface area contributed by atoms with Crippen molar-refractivity contribution in [1.29, 1.82) is 0 Å². The molecule has 1 atom stereocenters. The summed E-state index contributed by atoms with van der Waals surface area (Å²) in [4.78, 5) is 4.48. The van der Waals surface area contributed by atoms with Crippen LogP contribution < -0.4 is 5.32 Å². The molecule has 106 valence electrons. The maximum Gasteiger partial charge on any atom is 0.0761 e. The van der Waals surface area contributed by atoms with E-state index in [-0.39, 0.29) is 0 Å². The second-order valence-corrected chi connectivity index (χ2v) is 7.70. The van der Waals surface area contributed by atoms with Crippen LogP contribution in [-0.4, -0.2) is 22.0 Å². The predicted octanol–water partition coefficient (Wildman–Crippen LogP) is 4.26. The molecule has 2 aromatic rings. The summed E-state index contributed by atoms with van der Waals surface area (Å²) in [6, 6.07) is 8.01. The fraction of sp³-hybridized carbons (Fsp3) is 0.438. The molecule has 1 N–H and O–H groups in total. The average molecular weight is 307 g/mol. The van der Waals surface area contributed by atoms with Gasteiger partial charge >= 0.3 is 0 Å². The molecule has 0 radical (unpaired) electrons. The van der Waals surface area contributed by atoms with E-state index >= 15 is 0 Å². The van der Waals surface area contributed by atoms with E-state index in [1.165, 1.54) is 24.2 Å². The lowest BCUT2D eigenvalue weighted by Crippen LogP contribution is -2.32. The van der Waals surface area contributed by atoms with Crippen LogP contribution in [0.15, 0.2) is 30.5 Å². The Labute approximate surface area is 129 Å². The van der Waals surface area contributed by atoms with Gasteiger partial charge in [0.15, 0.2) is 0 Å². The zero-order valence-electron chi connectivity index (χ0n) is 11.7. The number of thioether (sulfide) groups is 1. The summed E-state index contributed by atoms with van der Waals surface area (Å²) < 4.78 is 0.398. The van der Waals surface area contributed by atoms with E-state index in [9.17, 15) is 0 Å². The van der Waals surface area contributed by atoms with Gasteiger partial charge in [0.2, 0.25) is 0 Å². The highest BCUT2D eigenvalue weighted by atomic mass is 35.5. The second-order valence-electron chi connectivity index (χ2n) is 5.61. The lowest BCUT2D eigenvalue weighted by Gasteiger charge is -2.23. The summed E-state index contributed by atoms with van der Waals surface area (Å²) in [6.07, 6.45) is 4.48. The first-order valence-electron chi connectivity index (χ1n) is 7.05. The molecule has 0 saturated carbocycles. The van der Waals surface area contributed by atoms with Crippen molar-refractivity contribution in [2.24, 2.45) is 0 Å². The number of aromatic nitrogens is 1. The van der Waals surface area contributed by atoms with E-state index in [0.29, 0.717) is 4.75 Å². The first-order chi connectivity index (χ1) is 9.68. The molecule has 0 amide bonds. The highest BCUT2D eigenvalue weighted by molar-refractivity contribution is 8.00. The zero-order chi connectivity index (χ0) is 14.0. The third-order valence-electron chi connectivity index (χ3n) is 3.91. The van der Waals surface area contributed by atoms with Gasteiger partial charge in [-0.1, -0.05) is 17.7 Å². The van der Waals surface area contributed by atoms with E-state index in [2.05, 4.69) is 35.1 Å². The third-order valence-corrected chi connectivity index (χ3v) is 5.78. The number of fused-ring (bicyclic) bond motifs is 1. The highest BCUT2D eigenvalue weighted by Gasteiger charge is 2.28. The fourth-order valence-corrected chi connectivity index (χ4v) is 4.27. The predicted molar refractivity (Wildman–Crippen MR) is 88.6 cm³/mol. The van der Waals surface area contributed by atoms with Crippen LogP contribution in [-0.2, 0) is 6.54 Å². The van der Waals surface area contributed by atoms with Gasteiger partial charge < -0.3 is 5.32 Å². The summed E-state index contributed by atoms with van der Waals surface area (Å²) in [5, 5.41) is 5.40. The number of benzene rings is 1. The van der Waals surface area contributed by atoms with Crippen molar-refractivity contribution in [2.75, 3.05) is 12.3 Å². The van der Waals surface area contributed by atoms with Crippen LogP contribution in [0.5, 0.6) is 0 Å². The Hall–Kier alpha value is -0.770. The molecule has 1 aromatic carbocycles. The topological polar surface area (TPSA) is 24.9 Å². The van der Waals surface area contributed by atoms with Crippen molar-refractivity contribution < 1.29 is 0 Å². The van der Waals surface area contributed by atoms with E-state index in [1.807, 2.05) is 24.4 Å². The second kappa shape index (κ2) is 5.92. The SMILES string of the molecule is CC1(CNCc2ccc(Cl)c3cccnc23)CCCS1. The molecule has 3 rings (SSSR count). The Bertz CT molecular complexity index is 608. The molecule has 1 fully saturated rings. The van der Waals surface area contributed by atoms with Crippen LogP contribution in [0.25, 0.3) is 10.9 Å². The minimum absolute atomic E-state index is 0.398. The molecule has 0 bridgehead atoms. The standard InChI is InChI=1S/C16H19ClN2S/c1-16(7-3-9-20-16)11-18-10-12-5-6-14(17)13-4-2-8-19-15(12)13/h2,4-6,8,18H,3,7,9-11H2,1H3. The summed E-state index contributed by atoms with van der Waals surface area (Å²) >= 11 is 8.31. The van der Waals surface area contributed by atoms with E-state index in [1.54, 1.807) is 0 Å². The molecule has 1 unspecified atom stereocenters. The largest absolute Gasteiger partial charge is 0.311 e. The Morgan fingerprint density at radius 3 is 3.10 bits per heavy atom. The molecule has 2 heterocycles. The van der Waals surface area contributed by atoms with Crippen molar-refractivity contribution in [3.63, 3.8) is 0 Å². The van der Waals surface area contributed by atoms with Gasteiger partial charge in [-0.3, -0.25) is 4.98 Å². The minimum atomic E-state index is 0.398. The molecule has 0 aliphatic carbocycles. The Morgan fingerprint density at radius 2 is 2.30 bits per heavy atom. The number of hydrogen-bond donors (Lipinski definition) is 1. The van der Waals surface area contributed by atoms with Gasteiger partial charge in [0.1, 0.15) is 0 Å². The molecular formula is C16H19ClN2S. The lowest BCUT2D eigenvalue weighted by molar-refractivity contribution is 0.538. The van der Waals surface area contributed by atoms with Crippen molar-refractivity contribution >= 4 is 34.3 Å². The summed E-state index contributed by atoms with van der Waals surface area (Å²) in [6.45, 7) is 4.26. The van der Waals surface area contributed by atoms with Crippen LogP contribution in [0.2, 0.25) is 5.02 Å². The van der Waals surface area contributed by atoms with Crippen LogP contribution >= 0.6 is 23.4 Å². The summed E-state index contributed by atoms with van der Waals surface area (Å²) in [5.74, 6) is 1.30. The molecular weight excluding hydrogens is 288 g/mol. The quantitative estimate of drug-likeness (QED) is 0.913. The number of hydrogen-bond acceptors (Lipinski definition) is 3. The zero-order valence-corrected chi connectivity index (χ0v) is 13.2. The smallest absolute Gasteiger partial charge is 0.0761 e. The molecule has 1 saturated heterocycles. The van der Waals surface area contributed by atoms with Crippen molar-refractivity contribution in [1.82, 2.24) is 10.3 Å². The lowest BCUT2D eigenvalue weighted by atomic mass is 10.1. The molecule has 4 heteroatoms. The number of nitrogens with one attached hydrogen (secondary N) is 1. The highest BCUT2D eigenvalue weighted by Crippen LogP contribution is 2.37. The van der Waals surface area contributed by atoms with Crippen molar-refractivity contribution in [3.8, 4) is 0 Å². The number of nitrogens with zero attached hydrogens (tertiary/aromatic N) is 1. The maximum absolute atomic E-state index is 6.23. The van der Waals surface area contributed by atoms with Crippen LogP contribution in [0.4, 0.5) is 0 Å². The van der Waals surface area contributed by atoms with Gasteiger partial charge in [-0.2, -0.15) is 11.8 Å². The Kier molecular flexibility index (Phi) is 4.20. The van der Waals surface area contributed by atoms with Gasteiger partial charge in [-0.05, 0) is 49.3 Å². The molecule has 20 heavy (non-hydrogen) atoms. The Morgan fingerprint density at radius 1 is 1.40 bits per heavy atom. The Balaban J connectivity index is 1.73. The van der Waals surface area contributed by atoms with Crippen LogP contribution in [0, 0.1) is 0 Å². The van der Waals surface area contributed by atoms with Gasteiger partial charge in [-0.25, -0.2) is 0 Å². The van der Waals surface area contributed by atoms with E-state index in [4.69, 9.17) is 11.6 Å².